The number of alkyl halides is 3. The Kier molecular flexibility index (Phi) is 6.69. The Bertz CT molecular complexity index is 448. The van der Waals surface area contributed by atoms with Crippen LogP contribution in [0.5, 0.6) is 0 Å². The minimum Gasteiger partial charge on any atom is -0.861 e. The SMILES string of the molecule is CO[Si](C)(C)C(C)CCC/C([O-])=N/S(=O)(=O)C(F)(F)F. The monoisotopic (exact) mass is 334 g/mol. The first kappa shape index (κ1) is 19.4. The molecule has 0 fully saturated rings. The second-order valence-electron chi connectivity index (χ2n) is 5.01. The number of halogens is 3. The first-order valence-corrected chi connectivity index (χ1v) is 10.4. The van der Waals surface area contributed by atoms with E-state index in [4.69, 9.17) is 4.43 Å². The van der Waals surface area contributed by atoms with Gasteiger partial charge in [-0.25, -0.2) is 0 Å². The Labute approximate surface area is 118 Å². The molecule has 0 saturated carbocycles. The van der Waals surface area contributed by atoms with Gasteiger partial charge in [0.2, 0.25) is 0 Å². The molecule has 0 saturated heterocycles. The van der Waals surface area contributed by atoms with E-state index in [9.17, 15) is 26.7 Å². The van der Waals surface area contributed by atoms with Gasteiger partial charge in [-0.2, -0.15) is 26.0 Å². The summed E-state index contributed by atoms with van der Waals surface area (Å²) in [4.78, 5) is 0. The normalized spacial score (nSPS) is 16.2. The van der Waals surface area contributed by atoms with Crippen molar-refractivity contribution in [2.75, 3.05) is 7.11 Å². The first-order valence-electron chi connectivity index (χ1n) is 5.95. The molecule has 0 aromatic heterocycles. The summed E-state index contributed by atoms with van der Waals surface area (Å²) in [5, 5.41) is 11.1. The van der Waals surface area contributed by atoms with Crippen molar-refractivity contribution in [1.82, 2.24) is 0 Å². The van der Waals surface area contributed by atoms with Crippen molar-refractivity contribution in [3.8, 4) is 0 Å². The lowest BCUT2D eigenvalue weighted by Gasteiger charge is -2.27. The predicted octanol–water partition coefficient (Wildman–Crippen LogP) is 2.01. The summed E-state index contributed by atoms with van der Waals surface area (Å²) in [6.07, 6.45) is 0.519. The van der Waals surface area contributed by atoms with Crippen molar-refractivity contribution in [2.24, 2.45) is 4.40 Å². The summed E-state index contributed by atoms with van der Waals surface area (Å²) >= 11 is 0. The third-order valence-electron chi connectivity index (χ3n) is 3.26. The second-order valence-corrected chi connectivity index (χ2v) is 11.2. The molecule has 120 valence electrons. The van der Waals surface area contributed by atoms with E-state index in [2.05, 4.69) is 4.40 Å². The fourth-order valence-electron chi connectivity index (χ4n) is 1.34. The van der Waals surface area contributed by atoms with Crippen LogP contribution in [0.25, 0.3) is 0 Å². The van der Waals surface area contributed by atoms with Gasteiger partial charge >= 0.3 is 15.5 Å². The van der Waals surface area contributed by atoms with E-state index >= 15 is 0 Å². The Morgan fingerprint density at radius 1 is 1.40 bits per heavy atom. The number of hydrogen-bond donors (Lipinski definition) is 0. The zero-order chi connectivity index (χ0) is 16.2. The van der Waals surface area contributed by atoms with Crippen LogP contribution in [-0.2, 0) is 14.4 Å². The smallest absolute Gasteiger partial charge is 0.518 e. The van der Waals surface area contributed by atoms with Gasteiger partial charge in [-0.1, -0.05) is 13.3 Å². The molecule has 5 nitrogen and oxygen atoms in total. The van der Waals surface area contributed by atoms with Crippen molar-refractivity contribution >= 4 is 24.2 Å². The van der Waals surface area contributed by atoms with Crippen molar-refractivity contribution < 1.29 is 31.1 Å². The fraction of sp³-hybridized carbons (Fsp3) is 0.900. The largest absolute Gasteiger partial charge is 0.861 e. The average molecular weight is 334 g/mol. The maximum atomic E-state index is 12.0. The van der Waals surface area contributed by atoms with E-state index in [1.807, 2.05) is 20.0 Å². The molecular formula is C10H19F3NO4SSi-. The van der Waals surface area contributed by atoms with Gasteiger partial charge in [0.1, 0.15) is 0 Å². The van der Waals surface area contributed by atoms with Gasteiger partial charge in [0, 0.05) is 7.11 Å². The third-order valence-corrected chi connectivity index (χ3v) is 8.00. The van der Waals surface area contributed by atoms with Crippen LogP contribution >= 0.6 is 0 Å². The number of nitrogens with zero attached hydrogens (tertiary/aromatic N) is 1. The second kappa shape index (κ2) is 6.90. The minimum atomic E-state index is -5.72. The lowest BCUT2D eigenvalue weighted by atomic mass is 10.2. The number of rotatable bonds is 7. The zero-order valence-electron chi connectivity index (χ0n) is 11.8. The van der Waals surface area contributed by atoms with E-state index in [1.54, 1.807) is 7.11 Å². The minimum absolute atomic E-state index is 0.194. The highest BCUT2D eigenvalue weighted by Crippen LogP contribution is 2.28. The van der Waals surface area contributed by atoms with E-state index in [0.717, 1.165) is 0 Å². The van der Waals surface area contributed by atoms with Crippen molar-refractivity contribution in [3.63, 3.8) is 0 Å². The summed E-state index contributed by atoms with van der Waals surface area (Å²) in [6, 6.07) is 0. The molecule has 10 heteroatoms. The summed E-state index contributed by atoms with van der Waals surface area (Å²) in [5.41, 5.74) is -5.33. The molecule has 0 aliphatic carbocycles. The first-order chi connectivity index (χ1) is 8.83. The van der Waals surface area contributed by atoms with Crippen molar-refractivity contribution in [3.05, 3.63) is 0 Å². The fourth-order valence-corrected chi connectivity index (χ4v) is 3.10. The highest BCUT2D eigenvalue weighted by Gasteiger charge is 2.45. The molecule has 20 heavy (non-hydrogen) atoms. The van der Waals surface area contributed by atoms with Gasteiger partial charge < -0.3 is 9.53 Å². The number of hydrogen-bond acceptors (Lipinski definition) is 4. The summed E-state index contributed by atoms with van der Waals surface area (Å²) < 4.78 is 64.9. The van der Waals surface area contributed by atoms with Crippen LogP contribution in [0.4, 0.5) is 13.2 Å². The molecule has 0 radical (unpaired) electrons. The predicted molar refractivity (Wildman–Crippen MR) is 70.2 cm³/mol. The lowest BCUT2D eigenvalue weighted by Crippen LogP contribution is -2.34. The molecule has 0 N–H and O–H groups in total. The third kappa shape index (κ3) is 5.79. The Morgan fingerprint density at radius 2 is 1.90 bits per heavy atom. The summed E-state index contributed by atoms with van der Waals surface area (Å²) in [5.74, 6) is -1.27. The van der Waals surface area contributed by atoms with Gasteiger partial charge in [-0.3, -0.25) is 0 Å². The lowest BCUT2D eigenvalue weighted by molar-refractivity contribution is -0.218. The zero-order valence-corrected chi connectivity index (χ0v) is 13.6. The molecule has 0 aromatic rings. The molecule has 0 aliphatic rings. The molecular weight excluding hydrogens is 315 g/mol. The van der Waals surface area contributed by atoms with Gasteiger partial charge in [0.25, 0.3) is 0 Å². The van der Waals surface area contributed by atoms with E-state index in [1.165, 1.54) is 0 Å². The van der Waals surface area contributed by atoms with Crippen LogP contribution in [0.3, 0.4) is 0 Å². The Hall–Kier alpha value is -0.613. The van der Waals surface area contributed by atoms with Crippen molar-refractivity contribution in [2.45, 2.75) is 50.3 Å². The molecule has 0 spiro atoms. The van der Waals surface area contributed by atoms with Crippen LogP contribution in [0.2, 0.25) is 18.6 Å². The van der Waals surface area contributed by atoms with E-state index in [0.29, 0.717) is 6.42 Å². The van der Waals surface area contributed by atoms with Crippen LogP contribution in [-0.4, -0.2) is 35.3 Å². The van der Waals surface area contributed by atoms with Crippen LogP contribution < -0.4 is 5.11 Å². The molecule has 1 unspecified atom stereocenters. The van der Waals surface area contributed by atoms with Crippen LogP contribution in [0.1, 0.15) is 26.2 Å². The highest BCUT2D eigenvalue weighted by atomic mass is 32.2. The maximum absolute atomic E-state index is 12.0. The standard InChI is InChI=1S/C10H20F3NO4SSi/c1-8(20(3,4)18-2)6-5-7-9(15)14-19(16,17)10(11,12)13/h8H,5-7H2,1-4H3,(H,14,15)/p-1. The molecule has 1 atom stereocenters. The van der Waals surface area contributed by atoms with Crippen LogP contribution in [0, 0.1) is 0 Å². The molecule has 0 aromatic carbocycles. The van der Waals surface area contributed by atoms with E-state index < -0.39 is 29.7 Å². The molecule has 0 rings (SSSR count). The van der Waals surface area contributed by atoms with Gasteiger partial charge in [0.15, 0.2) is 8.32 Å². The quantitative estimate of drug-likeness (QED) is 0.405. The van der Waals surface area contributed by atoms with Gasteiger partial charge in [0.05, 0.1) is 0 Å². The maximum Gasteiger partial charge on any atom is 0.518 e. The van der Waals surface area contributed by atoms with Gasteiger partial charge in [-0.05, 0) is 37.4 Å². The topological polar surface area (TPSA) is 78.8 Å². The van der Waals surface area contributed by atoms with Gasteiger partial charge in [-0.15, -0.1) is 0 Å². The Balaban J connectivity index is 4.50. The highest BCUT2D eigenvalue weighted by molar-refractivity contribution is 7.91. The molecule has 0 bridgehead atoms. The molecule has 0 aliphatic heterocycles. The Morgan fingerprint density at radius 3 is 2.30 bits per heavy atom. The summed E-state index contributed by atoms with van der Waals surface area (Å²) in [7, 11) is -5.99. The average Bonchev–Trinajstić information content (AvgIpc) is 2.26. The molecule has 0 amide bonds. The van der Waals surface area contributed by atoms with E-state index in [-0.39, 0.29) is 18.4 Å². The van der Waals surface area contributed by atoms with Crippen LogP contribution in [0.15, 0.2) is 4.40 Å². The number of sulfonamides is 1. The summed E-state index contributed by atoms with van der Waals surface area (Å²) in [6.45, 7) is 5.90. The van der Waals surface area contributed by atoms with Crippen molar-refractivity contribution in [1.29, 1.82) is 0 Å². The molecule has 0 heterocycles.